The van der Waals surface area contributed by atoms with Crippen LogP contribution >= 0.6 is 0 Å². The topological polar surface area (TPSA) is 32.8 Å². The predicted molar refractivity (Wildman–Crippen MR) is 174 cm³/mol. The van der Waals surface area contributed by atoms with Gasteiger partial charge in [-0.15, -0.1) is 0 Å². The highest BCUT2D eigenvalue weighted by molar-refractivity contribution is 5.93. The molecule has 1 amide bonds. The molecule has 0 saturated carbocycles. The van der Waals surface area contributed by atoms with Gasteiger partial charge in [0.25, 0.3) is 0 Å². The highest BCUT2D eigenvalue weighted by Gasteiger charge is 2.16. The molecule has 0 saturated heterocycles. The normalized spacial score (nSPS) is 11.3. The maximum Gasteiger partial charge on any atom is 0.226 e. The van der Waals surface area contributed by atoms with Crippen molar-refractivity contribution < 1.29 is 9.53 Å². The molecule has 2 aromatic carbocycles. The molecule has 0 N–H and O–H groups in total. The summed E-state index contributed by atoms with van der Waals surface area (Å²) in [6, 6.07) is 14.7. The number of unbranched alkanes of at least 4 members (excludes halogenated alkanes) is 1. The van der Waals surface area contributed by atoms with Crippen molar-refractivity contribution in [1.82, 2.24) is 4.90 Å². The van der Waals surface area contributed by atoms with Gasteiger partial charge in [-0.3, -0.25) is 4.79 Å². The second-order valence-corrected chi connectivity index (χ2v) is 10.5. The number of aryl methyl sites for hydroxylation is 2. The zero-order chi connectivity index (χ0) is 30.1. The number of allylic oxidation sites excluding steroid dienone is 4. The molecular weight excluding hydrogens is 492 g/mol. The summed E-state index contributed by atoms with van der Waals surface area (Å²) >= 11 is 0. The molecule has 0 aliphatic rings. The number of ether oxygens (including phenoxy) is 1. The first kappa shape index (κ1) is 34.8. The van der Waals surface area contributed by atoms with Crippen molar-refractivity contribution in [2.24, 2.45) is 0 Å². The van der Waals surface area contributed by atoms with Gasteiger partial charge in [0.15, 0.2) is 0 Å². The Balaban J connectivity index is 0.00000391. The quantitative estimate of drug-likeness (QED) is 0.165. The van der Waals surface area contributed by atoms with Gasteiger partial charge in [0.1, 0.15) is 5.75 Å². The van der Waals surface area contributed by atoms with E-state index >= 15 is 0 Å². The summed E-state index contributed by atoms with van der Waals surface area (Å²) in [4.78, 5) is 17.4. The van der Waals surface area contributed by atoms with Crippen molar-refractivity contribution >= 4 is 11.6 Å². The number of carbonyl (C=O) groups is 1. The average molecular weight is 547 g/mol. The molecule has 0 radical (unpaired) electrons. The van der Waals surface area contributed by atoms with E-state index in [1.165, 1.54) is 16.7 Å². The predicted octanol–water partition coefficient (Wildman–Crippen LogP) is 9.26. The summed E-state index contributed by atoms with van der Waals surface area (Å²) in [6.45, 7) is 17.5. The summed E-state index contributed by atoms with van der Waals surface area (Å²) in [5, 5.41) is 0. The molecule has 40 heavy (non-hydrogen) atoms. The van der Waals surface area contributed by atoms with E-state index in [4.69, 9.17) is 4.74 Å². The average Bonchev–Trinajstić information content (AvgIpc) is 2.95. The van der Waals surface area contributed by atoms with Crippen molar-refractivity contribution in [3.8, 4) is 5.75 Å². The molecule has 4 heteroatoms. The van der Waals surface area contributed by atoms with Crippen LogP contribution in [-0.2, 0) is 11.2 Å². The van der Waals surface area contributed by atoms with Crippen molar-refractivity contribution in [2.45, 2.75) is 86.0 Å². The third-order valence-corrected chi connectivity index (χ3v) is 6.99. The molecule has 0 aliphatic carbocycles. The van der Waals surface area contributed by atoms with Crippen LogP contribution in [0.5, 0.6) is 5.75 Å². The number of rotatable bonds is 15. The molecule has 220 valence electrons. The first-order chi connectivity index (χ1) is 19.2. The minimum absolute atomic E-state index is 0.193. The lowest BCUT2D eigenvalue weighted by molar-refractivity contribution is -0.118. The van der Waals surface area contributed by atoms with Crippen LogP contribution in [0.25, 0.3) is 0 Å². The molecule has 2 aromatic rings. The first-order valence-electron chi connectivity index (χ1n) is 14.9. The van der Waals surface area contributed by atoms with Gasteiger partial charge in [0.2, 0.25) is 5.91 Å². The maximum absolute atomic E-state index is 13.4. The lowest BCUT2D eigenvalue weighted by atomic mass is 10.0. The van der Waals surface area contributed by atoms with E-state index in [0.29, 0.717) is 18.9 Å². The van der Waals surface area contributed by atoms with Crippen LogP contribution in [0.15, 0.2) is 78.5 Å². The fourth-order valence-corrected chi connectivity index (χ4v) is 4.49. The van der Waals surface area contributed by atoms with Gasteiger partial charge in [0.05, 0.1) is 7.11 Å². The number of hydrogen-bond acceptors (Lipinski definition) is 3. The number of benzene rings is 2. The largest absolute Gasteiger partial charge is 0.497 e. The van der Waals surface area contributed by atoms with E-state index in [-0.39, 0.29) is 5.91 Å². The maximum atomic E-state index is 13.4. The third-order valence-electron chi connectivity index (χ3n) is 6.99. The number of nitrogens with zero attached hydrogens (tertiary/aromatic N) is 2. The minimum atomic E-state index is 0.193. The highest BCUT2D eigenvalue weighted by Crippen LogP contribution is 2.23. The fourth-order valence-electron chi connectivity index (χ4n) is 4.49. The molecule has 0 unspecified atom stereocenters. The van der Waals surface area contributed by atoms with Crippen molar-refractivity contribution in [3.63, 3.8) is 0 Å². The van der Waals surface area contributed by atoms with Crippen LogP contribution in [-0.4, -0.2) is 38.6 Å². The molecule has 0 heterocycles. The van der Waals surface area contributed by atoms with Crippen LogP contribution in [0, 0.1) is 6.92 Å². The van der Waals surface area contributed by atoms with Crippen molar-refractivity contribution in [2.75, 3.05) is 32.6 Å². The zero-order valence-corrected chi connectivity index (χ0v) is 26.7. The third kappa shape index (κ3) is 11.9. The molecule has 0 bridgehead atoms. The summed E-state index contributed by atoms with van der Waals surface area (Å²) in [6.07, 6.45) is 11.4. The smallest absolute Gasteiger partial charge is 0.226 e. The Morgan fingerprint density at radius 3 is 2.20 bits per heavy atom. The Labute approximate surface area is 245 Å². The van der Waals surface area contributed by atoms with Gasteiger partial charge >= 0.3 is 0 Å². The minimum Gasteiger partial charge on any atom is -0.497 e. The van der Waals surface area contributed by atoms with E-state index in [2.05, 4.69) is 86.9 Å². The Hall–Kier alpha value is -3.27. The Bertz CT molecular complexity index is 1090. The van der Waals surface area contributed by atoms with E-state index < -0.39 is 0 Å². The van der Waals surface area contributed by atoms with Crippen molar-refractivity contribution in [3.05, 3.63) is 95.2 Å². The Morgan fingerprint density at radius 1 is 0.975 bits per heavy atom. The second kappa shape index (κ2) is 18.9. The van der Waals surface area contributed by atoms with Gasteiger partial charge in [-0.1, -0.05) is 70.2 Å². The molecule has 0 fully saturated rings. The first-order valence-corrected chi connectivity index (χ1v) is 14.9. The van der Waals surface area contributed by atoms with E-state index in [1.54, 1.807) is 7.11 Å². The van der Waals surface area contributed by atoms with E-state index in [1.807, 2.05) is 45.8 Å². The Morgan fingerprint density at radius 2 is 1.65 bits per heavy atom. The van der Waals surface area contributed by atoms with Crippen LogP contribution in [0.3, 0.4) is 0 Å². The van der Waals surface area contributed by atoms with Gasteiger partial charge in [0, 0.05) is 38.4 Å². The standard InChI is InChI=1S/C34H48N2O2.C2H6/c1-9-31(35(6)7)20-16-27(4)13-12-24-36(32-21-17-29(18-22-32)26(2)3)34(37)15-11-10-14-30-19-23-33(38-8)25-28(30)5;1-2/h9,16-23,25-26H,4,10-15,24H2,1-3,5-8H3;1-2H3/b20-16-,31-9+;. The molecule has 4 nitrogen and oxygen atoms in total. The summed E-state index contributed by atoms with van der Waals surface area (Å²) in [5.41, 5.74) is 7.05. The lowest BCUT2D eigenvalue weighted by Gasteiger charge is -2.24. The van der Waals surface area contributed by atoms with Gasteiger partial charge in [-0.05, 0) is 98.9 Å². The van der Waals surface area contributed by atoms with E-state index in [0.717, 1.165) is 54.8 Å². The number of carbonyl (C=O) groups excluding carboxylic acids is 1. The molecule has 2 rings (SSSR count). The van der Waals surface area contributed by atoms with Crippen LogP contribution < -0.4 is 9.64 Å². The SMILES string of the molecule is C=C(/C=C\C(=C/C)N(C)C)CCCN(C(=O)CCCCc1ccc(OC)cc1C)c1ccc(C(C)C)cc1.CC. The number of methoxy groups -OCH3 is 1. The van der Waals surface area contributed by atoms with Crippen LogP contribution in [0.1, 0.15) is 89.3 Å². The summed E-state index contributed by atoms with van der Waals surface area (Å²) in [5.74, 6) is 1.55. The zero-order valence-electron chi connectivity index (χ0n) is 26.7. The Kier molecular flexibility index (Phi) is 16.4. The molecule has 0 aliphatic heterocycles. The van der Waals surface area contributed by atoms with Gasteiger partial charge in [-0.2, -0.15) is 0 Å². The van der Waals surface area contributed by atoms with Gasteiger partial charge in [-0.25, -0.2) is 0 Å². The van der Waals surface area contributed by atoms with Gasteiger partial charge < -0.3 is 14.5 Å². The number of anilines is 1. The molecular formula is C36H54N2O2. The molecule has 0 spiro atoms. The van der Waals surface area contributed by atoms with Crippen molar-refractivity contribution in [1.29, 1.82) is 0 Å². The summed E-state index contributed by atoms with van der Waals surface area (Å²) in [7, 11) is 5.77. The fraction of sp³-hybridized carbons (Fsp3) is 0.472. The lowest BCUT2D eigenvalue weighted by Crippen LogP contribution is -2.31. The van der Waals surface area contributed by atoms with Crippen LogP contribution in [0.4, 0.5) is 5.69 Å². The summed E-state index contributed by atoms with van der Waals surface area (Å²) < 4.78 is 5.32. The monoisotopic (exact) mass is 546 g/mol. The number of hydrogen-bond donors (Lipinski definition) is 0. The number of likely N-dealkylation sites (N-methyl/N-ethyl adjacent to an activating group) is 1. The second-order valence-electron chi connectivity index (χ2n) is 10.5. The highest BCUT2D eigenvalue weighted by atomic mass is 16.5. The van der Waals surface area contributed by atoms with Crippen LogP contribution in [0.2, 0.25) is 0 Å². The molecule has 0 atom stereocenters. The molecule has 0 aromatic heterocycles. The van der Waals surface area contributed by atoms with E-state index in [9.17, 15) is 4.79 Å². The number of amides is 1.